The summed E-state index contributed by atoms with van der Waals surface area (Å²) in [7, 11) is 3.51. The van der Waals surface area contributed by atoms with Gasteiger partial charge < -0.3 is 20.1 Å². The number of nitrogens with one attached hydrogen (secondary N) is 2. The lowest BCUT2D eigenvalue weighted by atomic mass is 9.86. The second-order valence-electron chi connectivity index (χ2n) is 8.98. The molecule has 7 nitrogen and oxygen atoms in total. The molecule has 0 saturated heterocycles. The molecule has 2 heterocycles. The Morgan fingerprint density at radius 3 is 2.61 bits per heavy atom. The minimum atomic E-state index is -0.743. The number of fused-ring (bicyclic) bond motifs is 1. The van der Waals surface area contributed by atoms with Gasteiger partial charge in [-0.1, -0.05) is 32.4 Å². The fourth-order valence-electron chi connectivity index (χ4n) is 3.80. The topological polar surface area (TPSA) is 79.3 Å². The predicted octanol–water partition coefficient (Wildman–Crippen LogP) is 3.07. The molecule has 0 aliphatic carbocycles. The van der Waals surface area contributed by atoms with Crippen LogP contribution in [0, 0.1) is 11.2 Å². The SMILES string of the molecule is CNC(=O)C(NC(=O)c1nc(-c2cc(F)ccc2Cl)n2c1CN(C)CCC2)C(C)(C)C. The highest BCUT2D eigenvalue weighted by molar-refractivity contribution is 6.33. The highest BCUT2D eigenvalue weighted by Gasteiger charge is 2.34. The van der Waals surface area contributed by atoms with Crippen LogP contribution in [-0.2, 0) is 17.9 Å². The first-order valence-electron chi connectivity index (χ1n) is 10.3. The highest BCUT2D eigenvalue weighted by atomic mass is 35.5. The van der Waals surface area contributed by atoms with Gasteiger partial charge in [-0.15, -0.1) is 0 Å². The molecular formula is C22H29ClFN5O2. The highest BCUT2D eigenvalue weighted by Crippen LogP contribution is 2.32. The van der Waals surface area contributed by atoms with Gasteiger partial charge in [0.2, 0.25) is 5.91 Å². The molecule has 2 amide bonds. The van der Waals surface area contributed by atoms with Crippen molar-refractivity contribution < 1.29 is 14.0 Å². The Morgan fingerprint density at radius 2 is 1.97 bits per heavy atom. The van der Waals surface area contributed by atoms with Gasteiger partial charge >= 0.3 is 0 Å². The van der Waals surface area contributed by atoms with Crippen LogP contribution in [0.3, 0.4) is 0 Å². The maximum atomic E-state index is 14.0. The number of likely N-dealkylation sites (N-methyl/N-ethyl adjacent to an activating group) is 1. The normalized spacial score (nSPS) is 15.7. The van der Waals surface area contributed by atoms with Crippen LogP contribution in [0.2, 0.25) is 5.02 Å². The lowest BCUT2D eigenvalue weighted by Crippen LogP contribution is -2.53. The minimum Gasteiger partial charge on any atom is -0.357 e. The van der Waals surface area contributed by atoms with Gasteiger partial charge in [0, 0.05) is 25.7 Å². The number of imidazole rings is 1. The van der Waals surface area contributed by atoms with Crippen molar-refractivity contribution in [3.8, 4) is 11.4 Å². The number of aromatic nitrogens is 2. The van der Waals surface area contributed by atoms with Crippen LogP contribution >= 0.6 is 11.6 Å². The summed E-state index contributed by atoms with van der Waals surface area (Å²) in [5.41, 5.74) is 0.877. The summed E-state index contributed by atoms with van der Waals surface area (Å²) in [5.74, 6) is -0.703. The molecule has 1 aliphatic heterocycles. The molecule has 1 aromatic heterocycles. The van der Waals surface area contributed by atoms with Crippen molar-refractivity contribution in [2.75, 3.05) is 20.6 Å². The molecule has 0 saturated carbocycles. The summed E-state index contributed by atoms with van der Waals surface area (Å²) in [6.07, 6.45) is 0.851. The summed E-state index contributed by atoms with van der Waals surface area (Å²) >= 11 is 6.35. The first-order chi connectivity index (χ1) is 14.5. The molecule has 9 heteroatoms. The van der Waals surface area contributed by atoms with Crippen molar-refractivity contribution in [2.24, 2.45) is 5.41 Å². The van der Waals surface area contributed by atoms with Crippen LogP contribution in [0.1, 0.15) is 43.4 Å². The maximum absolute atomic E-state index is 14.0. The van der Waals surface area contributed by atoms with Gasteiger partial charge in [0.05, 0.1) is 10.7 Å². The lowest BCUT2D eigenvalue weighted by molar-refractivity contribution is -0.124. The van der Waals surface area contributed by atoms with E-state index in [1.807, 2.05) is 32.4 Å². The van der Waals surface area contributed by atoms with Gasteiger partial charge in [0.1, 0.15) is 17.7 Å². The number of carbonyl (C=O) groups is 2. The van der Waals surface area contributed by atoms with Crippen LogP contribution in [0.25, 0.3) is 11.4 Å². The van der Waals surface area contributed by atoms with Gasteiger partial charge in [-0.2, -0.15) is 0 Å². The Morgan fingerprint density at radius 1 is 1.26 bits per heavy atom. The zero-order valence-electron chi connectivity index (χ0n) is 18.6. The average Bonchev–Trinajstić information content (AvgIpc) is 2.92. The molecule has 1 atom stereocenters. The monoisotopic (exact) mass is 449 g/mol. The van der Waals surface area contributed by atoms with Gasteiger partial charge in [-0.05, 0) is 43.6 Å². The zero-order valence-corrected chi connectivity index (χ0v) is 19.3. The number of amides is 2. The number of hydrogen-bond donors (Lipinski definition) is 2. The zero-order chi connectivity index (χ0) is 22.9. The minimum absolute atomic E-state index is 0.224. The fraction of sp³-hybridized carbons (Fsp3) is 0.500. The van der Waals surface area contributed by atoms with Crippen LogP contribution in [0.4, 0.5) is 4.39 Å². The van der Waals surface area contributed by atoms with E-state index < -0.39 is 23.2 Å². The molecule has 0 bridgehead atoms. The summed E-state index contributed by atoms with van der Waals surface area (Å²) < 4.78 is 15.9. The predicted molar refractivity (Wildman–Crippen MR) is 118 cm³/mol. The molecule has 3 rings (SSSR count). The smallest absolute Gasteiger partial charge is 0.272 e. The maximum Gasteiger partial charge on any atom is 0.272 e. The van der Waals surface area contributed by atoms with Crippen molar-refractivity contribution in [2.45, 2.75) is 46.3 Å². The van der Waals surface area contributed by atoms with Crippen molar-refractivity contribution in [3.05, 3.63) is 40.4 Å². The van der Waals surface area contributed by atoms with E-state index >= 15 is 0 Å². The largest absolute Gasteiger partial charge is 0.357 e. The van der Waals surface area contributed by atoms with Crippen LogP contribution in [0.5, 0.6) is 0 Å². The van der Waals surface area contributed by atoms with E-state index in [4.69, 9.17) is 11.6 Å². The molecule has 0 radical (unpaired) electrons. The number of hydrogen-bond acceptors (Lipinski definition) is 4. The molecule has 1 aliphatic rings. The Balaban J connectivity index is 2.10. The Bertz CT molecular complexity index is 999. The number of benzene rings is 1. The van der Waals surface area contributed by atoms with E-state index in [0.29, 0.717) is 29.5 Å². The van der Waals surface area contributed by atoms with Crippen molar-refractivity contribution in [3.63, 3.8) is 0 Å². The molecular weight excluding hydrogens is 421 g/mol. The third kappa shape index (κ3) is 4.91. The standard InChI is InChI=1S/C22H29ClFN5O2/c1-22(2,3)18(21(31)25-4)27-20(30)17-16-12-28(5)9-6-10-29(16)19(26-17)14-11-13(24)7-8-15(14)23/h7-8,11,18H,6,9-10,12H2,1-5H3,(H,25,31)(H,27,30). The molecule has 2 N–H and O–H groups in total. The van der Waals surface area contributed by atoms with Crippen LogP contribution in [-0.4, -0.2) is 52.9 Å². The molecule has 1 unspecified atom stereocenters. The summed E-state index contributed by atoms with van der Waals surface area (Å²) in [6.45, 7) is 7.62. The fourth-order valence-corrected chi connectivity index (χ4v) is 4.00. The summed E-state index contributed by atoms with van der Waals surface area (Å²) in [4.78, 5) is 32.4. The van der Waals surface area contributed by atoms with E-state index in [1.54, 1.807) is 0 Å². The van der Waals surface area contributed by atoms with Crippen molar-refractivity contribution in [1.29, 1.82) is 0 Å². The van der Waals surface area contributed by atoms with Gasteiger partial charge in [0.25, 0.3) is 5.91 Å². The first-order valence-corrected chi connectivity index (χ1v) is 10.7. The summed E-state index contributed by atoms with van der Waals surface area (Å²) in [6, 6.07) is 3.36. The van der Waals surface area contributed by atoms with Crippen molar-refractivity contribution >= 4 is 23.4 Å². The van der Waals surface area contributed by atoms with Gasteiger partial charge in [0.15, 0.2) is 5.69 Å². The second-order valence-corrected chi connectivity index (χ2v) is 9.39. The molecule has 0 spiro atoms. The van der Waals surface area contributed by atoms with E-state index in [9.17, 15) is 14.0 Å². The van der Waals surface area contributed by atoms with Gasteiger partial charge in [-0.3, -0.25) is 9.59 Å². The Hall–Kier alpha value is -2.45. The number of carbonyl (C=O) groups excluding carboxylic acids is 2. The lowest BCUT2D eigenvalue weighted by Gasteiger charge is -2.29. The van der Waals surface area contributed by atoms with E-state index in [-0.39, 0.29) is 11.6 Å². The van der Waals surface area contributed by atoms with E-state index in [2.05, 4.69) is 20.5 Å². The summed E-state index contributed by atoms with van der Waals surface area (Å²) in [5, 5.41) is 5.81. The van der Waals surface area contributed by atoms with Gasteiger partial charge in [-0.25, -0.2) is 9.37 Å². The average molecular weight is 450 g/mol. The van der Waals surface area contributed by atoms with Crippen molar-refractivity contribution in [1.82, 2.24) is 25.1 Å². The number of nitrogens with zero attached hydrogens (tertiary/aromatic N) is 3. The third-order valence-electron chi connectivity index (χ3n) is 5.45. The van der Waals surface area contributed by atoms with E-state index in [0.717, 1.165) is 18.7 Å². The first kappa shape index (κ1) is 23.2. The van der Waals surface area contributed by atoms with E-state index in [1.165, 1.54) is 25.2 Å². The molecule has 1 aromatic carbocycles. The Labute approximate surface area is 187 Å². The molecule has 0 fully saturated rings. The van der Waals surface area contributed by atoms with Crippen LogP contribution < -0.4 is 10.6 Å². The number of halogens is 2. The molecule has 2 aromatic rings. The third-order valence-corrected chi connectivity index (χ3v) is 5.78. The molecule has 31 heavy (non-hydrogen) atoms. The molecule has 168 valence electrons. The second kappa shape index (κ2) is 8.96. The quantitative estimate of drug-likeness (QED) is 0.751. The van der Waals surface area contributed by atoms with Crippen LogP contribution in [0.15, 0.2) is 18.2 Å². The Kier molecular flexibility index (Phi) is 6.71. The number of rotatable bonds is 4.